The second-order valence-corrected chi connectivity index (χ2v) is 6.50. The molecule has 0 aliphatic heterocycles. The molecule has 0 radical (unpaired) electrons. The van der Waals surface area contributed by atoms with Crippen LogP contribution in [0, 0.1) is 6.92 Å². The van der Waals surface area contributed by atoms with E-state index < -0.39 is 10.0 Å². The van der Waals surface area contributed by atoms with Crippen molar-refractivity contribution in [2.45, 2.75) is 18.4 Å². The first-order valence-electron chi connectivity index (χ1n) is 6.74. The third kappa shape index (κ3) is 3.58. The molecule has 0 saturated carbocycles. The summed E-state index contributed by atoms with van der Waals surface area (Å²) >= 11 is 0. The summed E-state index contributed by atoms with van der Waals surface area (Å²) in [7, 11) is -0.788. The SMILES string of the molecule is COc1ccc(OC)c(S(=O)(=O)NCc2ccccc2C)c1. The zero-order valence-corrected chi connectivity index (χ0v) is 13.6. The fourth-order valence-electron chi connectivity index (χ4n) is 2.05. The second kappa shape index (κ2) is 6.81. The Balaban J connectivity index is 2.29. The minimum absolute atomic E-state index is 0.0583. The zero-order valence-electron chi connectivity index (χ0n) is 12.8. The van der Waals surface area contributed by atoms with Crippen LogP contribution in [0.2, 0.25) is 0 Å². The average molecular weight is 321 g/mol. The lowest BCUT2D eigenvalue weighted by Crippen LogP contribution is -2.24. The van der Waals surface area contributed by atoms with Gasteiger partial charge in [-0.3, -0.25) is 0 Å². The van der Waals surface area contributed by atoms with E-state index in [1.54, 1.807) is 12.1 Å². The minimum atomic E-state index is -3.71. The lowest BCUT2D eigenvalue weighted by atomic mass is 10.1. The summed E-state index contributed by atoms with van der Waals surface area (Å²) in [5.74, 6) is 0.732. The highest BCUT2D eigenvalue weighted by atomic mass is 32.2. The topological polar surface area (TPSA) is 64.6 Å². The van der Waals surface area contributed by atoms with Gasteiger partial charge in [0.25, 0.3) is 0 Å². The van der Waals surface area contributed by atoms with Gasteiger partial charge in [0, 0.05) is 12.6 Å². The van der Waals surface area contributed by atoms with E-state index in [-0.39, 0.29) is 17.2 Å². The molecule has 118 valence electrons. The third-order valence-corrected chi connectivity index (χ3v) is 4.80. The van der Waals surface area contributed by atoms with Crippen LogP contribution in [0.15, 0.2) is 47.4 Å². The maximum absolute atomic E-state index is 12.5. The summed E-state index contributed by atoms with van der Waals surface area (Å²) < 4.78 is 37.8. The Morgan fingerprint density at radius 3 is 2.41 bits per heavy atom. The van der Waals surface area contributed by atoms with Gasteiger partial charge in [0.2, 0.25) is 10.0 Å². The first-order valence-corrected chi connectivity index (χ1v) is 8.22. The van der Waals surface area contributed by atoms with Crippen LogP contribution in [0.25, 0.3) is 0 Å². The van der Waals surface area contributed by atoms with Gasteiger partial charge < -0.3 is 9.47 Å². The number of methoxy groups -OCH3 is 2. The smallest absolute Gasteiger partial charge is 0.244 e. The van der Waals surface area contributed by atoms with E-state index in [0.717, 1.165) is 11.1 Å². The molecule has 0 atom stereocenters. The Morgan fingerprint density at radius 2 is 1.77 bits per heavy atom. The maximum atomic E-state index is 12.5. The molecule has 6 heteroatoms. The molecule has 2 aromatic carbocycles. The Morgan fingerprint density at radius 1 is 1.05 bits per heavy atom. The van der Waals surface area contributed by atoms with E-state index in [1.165, 1.54) is 20.3 Å². The van der Waals surface area contributed by atoms with Crippen molar-refractivity contribution in [1.82, 2.24) is 4.72 Å². The first-order chi connectivity index (χ1) is 10.5. The Bertz CT molecular complexity index is 756. The summed E-state index contributed by atoms with van der Waals surface area (Å²) in [6, 6.07) is 12.3. The Kier molecular flexibility index (Phi) is 5.05. The van der Waals surface area contributed by atoms with Crippen LogP contribution in [-0.4, -0.2) is 22.6 Å². The van der Waals surface area contributed by atoms with Gasteiger partial charge in [0.15, 0.2) is 0 Å². The van der Waals surface area contributed by atoms with Crippen LogP contribution < -0.4 is 14.2 Å². The van der Waals surface area contributed by atoms with Crippen molar-refractivity contribution in [2.24, 2.45) is 0 Å². The largest absolute Gasteiger partial charge is 0.497 e. The molecular weight excluding hydrogens is 302 g/mol. The first kappa shape index (κ1) is 16.3. The van der Waals surface area contributed by atoms with Gasteiger partial charge in [0.05, 0.1) is 14.2 Å². The molecule has 2 rings (SSSR count). The monoisotopic (exact) mass is 321 g/mol. The van der Waals surface area contributed by atoms with E-state index in [9.17, 15) is 8.42 Å². The molecule has 22 heavy (non-hydrogen) atoms. The number of hydrogen-bond acceptors (Lipinski definition) is 4. The van der Waals surface area contributed by atoms with Crippen molar-refractivity contribution in [1.29, 1.82) is 0 Å². The molecule has 0 heterocycles. The molecule has 0 bridgehead atoms. The lowest BCUT2D eigenvalue weighted by molar-refractivity contribution is 0.392. The number of rotatable bonds is 6. The molecule has 1 N–H and O–H groups in total. The predicted octanol–water partition coefficient (Wildman–Crippen LogP) is 2.49. The molecule has 0 aliphatic rings. The molecule has 0 unspecified atom stereocenters. The molecule has 0 saturated heterocycles. The summed E-state index contributed by atoms with van der Waals surface area (Å²) in [5, 5.41) is 0. The van der Waals surface area contributed by atoms with Crippen LogP contribution in [0.1, 0.15) is 11.1 Å². The molecule has 0 aliphatic carbocycles. The number of ether oxygens (including phenoxy) is 2. The Labute approximate surface area is 130 Å². The molecule has 0 fully saturated rings. The van der Waals surface area contributed by atoms with E-state index >= 15 is 0 Å². The number of hydrogen-bond donors (Lipinski definition) is 1. The molecule has 5 nitrogen and oxygen atoms in total. The van der Waals surface area contributed by atoms with Crippen molar-refractivity contribution < 1.29 is 17.9 Å². The van der Waals surface area contributed by atoms with Gasteiger partial charge in [-0.1, -0.05) is 24.3 Å². The number of benzene rings is 2. The fourth-order valence-corrected chi connectivity index (χ4v) is 3.24. The fraction of sp³-hybridized carbons (Fsp3) is 0.250. The van der Waals surface area contributed by atoms with Crippen molar-refractivity contribution in [3.8, 4) is 11.5 Å². The van der Waals surface area contributed by atoms with E-state index in [2.05, 4.69) is 4.72 Å². The quantitative estimate of drug-likeness (QED) is 0.888. The van der Waals surface area contributed by atoms with Crippen molar-refractivity contribution in [3.63, 3.8) is 0 Å². The number of nitrogens with one attached hydrogen (secondary N) is 1. The average Bonchev–Trinajstić information content (AvgIpc) is 2.53. The van der Waals surface area contributed by atoms with E-state index in [0.29, 0.717) is 5.75 Å². The van der Waals surface area contributed by atoms with Crippen molar-refractivity contribution in [2.75, 3.05) is 14.2 Å². The molecule has 0 aromatic heterocycles. The molecule has 0 amide bonds. The van der Waals surface area contributed by atoms with Crippen LogP contribution in [0.4, 0.5) is 0 Å². The highest BCUT2D eigenvalue weighted by Crippen LogP contribution is 2.28. The van der Waals surface area contributed by atoms with Crippen LogP contribution in [0.5, 0.6) is 11.5 Å². The summed E-state index contributed by atoms with van der Waals surface area (Å²) in [6.45, 7) is 2.16. The van der Waals surface area contributed by atoms with Gasteiger partial charge in [-0.15, -0.1) is 0 Å². The summed E-state index contributed by atoms with van der Waals surface area (Å²) in [6.07, 6.45) is 0. The summed E-state index contributed by atoms with van der Waals surface area (Å²) in [4.78, 5) is 0.0583. The molecule has 0 spiro atoms. The minimum Gasteiger partial charge on any atom is -0.497 e. The van der Waals surface area contributed by atoms with Crippen molar-refractivity contribution >= 4 is 10.0 Å². The summed E-state index contributed by atoms with van der Waals surface area (Å²) in [5.41, 5.74) is 1.95. The van der Waals surface area contributed by atoms with E-state index in [4.69, 9.17) is 9.47 Å². The van der Waals surface area contributed by atoms with Crippen LogP contribution >= 0.6 is 0 Å². The van der Waals surface area contributed by atoms with Crippen LogP contribution in [0.3, 0.4) is 0 Å². The zero-order chi connectivity index (χ0) is 16.2. The van der Waals surface area contributed by atoms with Gasteiger partial charge in [-0.25, -0.2) is 13.1 Å². The molecular formula is C16H19NO4S. The van der Waals surface area contributed by atoms with Crippen molar-refractivity contribution in [3.05, 3.63) is 53.6 Å². The van der Waals surface area contributed by atoms with Gasteiger partial charge in [-0.05, 0) is 30.2 Å². The number of sulfonamides is 1. The lowest BCUT2D eigenvalue weighted by Gasteiger charge is -2.13. The second-order valence-electron chi connectivity index (χ2n) is 4.77. The van der Waals surface area contributed by atoms with Gasteiger partial charge in [0.1, 0.15) is 16.4 Å². The highest BCUT2D eigenvalue weighted by molar-refractivity contribution is 7.89. The standard InChI is InChI=1S/C16H19NO4S/c1-12-6-4-5-7-13(12)11-17-22(18,19)16-10-14(20-2)8-9-15(16)21-3/h4-10,17H,11H2,1-3H3. The predicted molar refractivity (Wildman–Crippen MR) is 84.8 cm³/mol. The van der Waals surface area contributed by atoms with Gasteiger partial charge >= 0.3 is 0 Å². The highest BCUT2D eigenvalue weighted by Gasteiger charge is 2.20. The van der Waals surface area contributed by atoms with E-state index in [1.807, 2.05) is 31.2 Å². The number of aryl methyl sites for hydroxylation is 1. The normalized spacial score (nSPS) is 11.2. The van der Waals surface area contributed by atoms with Crippen LogP contribution in [-0.2, 0) is 16.6 Å². The maximum Gasteiger partial charge on any atom is 0.244 e. The third-order valence-electron chi connectivity index (χ3n) is 3.37. The molecule has 2 aromatic rings. The van der Waals surface area contributed by atoms with Gasteiger partial charge in [-0.2, -0.15) is 0 Å². The Hall–Kier alpha value is -2.05.